The standard InChI is InChI=1S/C6H4ClF2N.C6H5ClFN/c1-3-6(9)5(7)4(8)2-10-3;1-4-2-5(7)6(8)3-9-4/h2H,1H3;2-3H,1H3. The summed E-state index contributed by atoms with van der Waals surface area (Å²) in [7, 11) is 0. The molecule has 0 N–H and O–H groups in total. The van der Waals surface area contributed by atoms with Crippen LogP contribution in [0, 0.1) is 31.3 Å². The molecule has 0 radical (unpaired) electrons. The van der Waals surface area contributed by atoms with Crippen molar-refractivity contribution in [1.82, 2.24) is 9.97 Å². The van der Waals surface area contributed by atoms with Gasteiger partial charge in [-0.3, -0.25) is 9.97 Å². The summed E-state index contributed by atoms with van der Waals surface area (Å²) in [6.45, 7) is 3.17. The van der Waals surface area contributed by atoms with Gasteiger partial charge in [-0.05, 0) is 19.9 Å². The topological polar surface area (TPSA) is 25.8 Å². The average Bonchev–Trinajstić information content (AvgIpc) is 2.37. The second-order valence-corrected chi connectivity index (χ2v) is 4.34. The maximum absolute atomic E-state index is 12.6. The van der Waals surface area contributed by atoms with E-state index in [1.165, 1.54) is 13.0 Å². The molecule has 0 spiro atoms. The van der Waals surface area contributed by atoms with E-state index in [-0.39, 0.29) is 10.7 Å². The Morgan fingerprint density at radius 3 is 2.00 bits per heavy atom. The number of hydrogen-bond donors (Lipinski definition) is 0. The predicted octanol–water partition coefficient (Wildman–Crippen LogP) is 4.50. The van der Waals surface area contributed by atoms with Gasteiger partial charge in [-0.1, -0.05) is 23.2 Å². The van der Waals surface area contributed by atoms with Gasteiger partial charge in [0.1, 0.15) is 5.02 Å². The Balaban J connectivity index is 0.000000191. The highest BCUT2D eigenvalue weighted by molar-refractivity contribution is 6.31. The second-order valence-electron chi connectivity index (χ2n) is 3.56. The van der Waals surface area contributed by atoms with Gasteiger partial charge in [0.25, 0.3) is 0 Å². The molecule has 0 unspecified atom stereocenters. The molecule has 2 aromatic rings. The van der Waals surface area contributed by atoms with Gasteiger partial charge in [0.05, 0.1) is 23.1 Å². The Kier molecular flexibility index (Phi) is 5.57. The fraction of sp³-hybridized carbons (Fsp3) is 0.167. The van der Waals surface area contributed by atoms with Crippen LogP contribution < -0.4 is 0 Å². The molecule has 0 aliphatic heterocycles. The van der Waals surface area contributed by atoms with Crippen LogP contribution in [0.2, 0.25) is 10.0 Å². The molecular weight excluding hydrogens is 300 g/mol. The molecule has 19 heavy (non-hydrogen) atoms. The van der Waals surface area contributed by atoms with E-state index < -0.39 is 22.5 Å². The molecule has 0 aliphatic rings. The van der Waals surface area contributed by atoms with Gasteiger partial charge in [-0.2, -0.15) is 0 Å². The third kappa shape index (κ3) is 4.36. The third-order valence-electron chi connectivity index (χ3n) is 2.04. The van der Waals surface area contributed by atoms with Crippen LogP contribution in [0.1, 0.15) is 11.4 Å². The van der Waals surface area contributed by atoms with Crippen molar-refractivity contribution in [3.63, 3.8) is 0 Å². The summed E-state index contributed by atoms with van der Waals surface area (Å²) in [6, 6.07) is 1.48. The monoisotopic (exact) mass is 308 g/mol. The first-order valence-electron chi connectivity index (χ1n) is 5.06. The summed E-state index contributed by atoms with van der Waals surface area (Å²) in [5, 5.41) is -0.366. The minimum atomic E-state index is -0.829. The number of aromatic nitrogens is 2. The molecule has 0 aromatic carbocycles. The Morgan fingerprint density at radius 1 is 0.947 bits per heavy atom. The van der Waals surface area contributed by atoms with Crippen LogP contribution in [-0.4, -0.2) is 9.97 Å². The molecule has 102 valence electrons. The van der Waals surface area contributed by atoms with Gasteiger partial charge in [0.15, 0.2) is 17.5 Å². The van der Waals surface area contributed by atoms with Gasteiger partial charge in [0.2, 0.25) is 0 Å². The van der Waals surface area contributed by atoms with Crippen LogP contribution in [0.3, 0.4) is 0 Å². The summed E-state index contributed by atoms with van der Waals surface area (Å²) < 4.78 is 37.2. The summed E-state index contributed by atoms with van der Waals surface area (Å²) in [4.78, 5) is 7.08. The third-order valence-corrected chi connectivity index (χ3v) is 2.67. The Morgan fingerprint density at radius 2 is 1.53 bits per heavy atom. The first kappa shape index (κ1) is 15.7. The Labute approximate surface area is 118 Å². The molecule has 0 bridgehead atoms. The number of hydrogen-bond acceptors (Lipinski definition) is 2. The zero-order chi connectivity index (χ0) is 14.6. The van der Waals surface area contributed by atoms with E-state index in [1.54, 1.807) is 6.92 Å². The van der Waals surface area contributed by atoms with E-state index in [2.05, 4.69) is 9.97 Å². The molecular formula is C12H9Cl2F3N2. The van der Waals surface area contributed by atoms with Crippen LogP contribution in [0.5, 0.6) is 0 Å². The molecule has 0 amide bonds. The SMILES string of the molecule is Cc1cc(Cl)c(F)cn1.Cc1ncc(F)c(Cl)c1F. The number of rotatable bonds is 0. The largest absolute Gasteiger partial charge is 0.258 e. The molecule has 2 heterocycles. The molecule has 0 saturated heterocycles. The van der Waals surface area contributed by atoms with Crippen molar-refractivity contribution in [2.75, 3.05) is 0 Å². The van der Waals surface area contributed by atoms with E-state index in [1.807, 2.05) is 0 Å². The average molecular weight is 309 g/mol. The number of pyridine rings is 2. The first-order chi connectivity index (χ1) is 8.82. The van der Waals surface area contributed by atoms with Crippen molar-refractivity contribution in [1.29, 1.82) is 0 Å². The quantitative estimate of drug-likeness (QED) is 0.716. The number of nitrogens with zero attached hydrogens (tertiary/aromatic N) is 2. The lowest BCUT2D eigenvalue weighted by Crippen LogP contribution is -1.91. The molecule has 7 heteroatoms. The van der Waals surface area contributed by atoms with Crippen molar-refractivity contribution in [2.24, 2.45) is 0 Å². The molecule has 0 aliphatic carbocycles. The lowest BCUT2D eigenvalue weighted by atomic mass is 10.3. The zero-order valence-corrected chi connectivity index (χ0v) is 11.5. The maximum atomic E-state index is 12.6. The molecule has 2 rings (SSSR count). The lowest BCUT2D eigenvalue weighted by Gasteiger charge is -1.96. The van der Waals surface area contributed by atoms with E-state index in [0.717, 1.165) is 18.1 Å². The smallest absolute Gasteiger partial charge is 0.165 e. The summed E-state index contributed by atoms with van der Waals surface area (Å²) in [5.41, 5.74) is 0.827. The Hall–Kier alpha value is -1.33. The summed E-state index contributed by atoms with van der Waals surface area (Å²) in [6.07, 6.45) is 2.00. The van der Waals surface area contributed by atoms with Crippen molar-refractivity contribution in [3.8, 4) is 0 Å². The fourth-order valence-electron chi connectivity index (χ4n) is 1.04. The number of halogens is 5. The van der Waals surface area contributed by atoms with Gasteiger partial charge in [0, 0.05) is 5.69 Å². The van der Waals surface area contributed by atoms with Gasteiger partial charge in [-0.15, -0.1) is 0 Å². The highest BCUT2D eigenvalue weighted by atomic mass is 35.5. The summed E-state index contributed by atoms with van der Waals surface area (Å²) in [5.74, 6) is -2.09. The molecule has 0 fully saturated rings. The van der Waals surface area contributed by atoms with Crippen molar-refractivity contribution < 1.29 is 13.2 Å². The van der Waals surface area contributed by atoms with Crippen molar-refractivity contribution >= 4 is 23.2 Å². The van der Waals surface area contributed by atoms with Gasteiger partial charge >= 0.3 is 0 Å². The van der Waals surface area contributed by atoms with Crippen LogP contribution in [-0.2, 0) is 0 Å². The maximum Gasteiger partial charge on any atom is 0.165 e. The van der Waals surface area contributed by atoms with Crippen LogP contribution in [0.15, 0.2) is 18.5 Å². The van der Waals surface area contributed by atoms with Crippen LogP contribution >= 0.6 is 23.2 Å². The molecule has 2 nitrogen and oxygen atoms in total. The lowest BCUT2D eigenvalue weighted by molar-refractivity contribution is 0.566. The van der Waals surface area contributed by atoms with E-state index in [0.29, 0.717) is 0 Å². The minimum absolute atomic E-state index is 0.103. The van der Waals surface area contributed by atoms with Crippen LogP contribution in [0.4, 0.5) is 13.2 Å². The van der Waals surface area contributed by atoms with Gasteiger partial charge in [-0.25, -0.2) is 13.2 Å². The normalized spacial score (nSPS) is 9.84. The molecule has 0 saturated carbocycles. The molecule has 0 atom stereocenters. The fourth-order valence-corrected chi connectivity index (χ4v) is 1.43. The van der Waals surface area contributed by atoms with Crippen molar-refractivity contribution in [2.45, 2.75) is 13.8 Å². The zero-order valence-electron chi connectivity index (χ0n) is 10.0. The van der Waals surface area contributed by atoms with E-state index in [9.17, 15) is 13.2 Å². The number of aryl methyl sites for hydroxylation is 2. The van der Waals surface area contributed by atoms with E-state index >= 15 is 0 Å². The predicted molar refractivity (Wildman–Crippen MR) is 67.8 cm³/mol. The Bertz CT molecular complexity index is 564. The van der Waals surface area contributed by atoms with Crippen LogP contribution in [0.25, 0.3) is 0 Å². The summed E-state index contributed by atoms with van der Waals surface area (Å²) >= 11 is 10.6. The second kappa shape index (κ2) is 6.73. The highest BCUT2D eigenvalue weighted by Crippen LogP contribution is 2.18. The van der Waals surface area contributed by atoms with Gasteiger partial charge < -0.3 is 0 Å². The van der Waals surface area contributed by atoms with E-state index in [4.69, 9.17) is 23.2 Å². The van der Waals surface area contributed by atoms with Crippen molar-refractivity contribution in [3.05, 3.63) is 57.3 Å². The molecule has 2 aromatic heterocycles. The minimum Gasteiger partial charge on any atom is -0.258 e. The first-order valence-corrected chi connectivity index (χ1v) is 5.82. The highest BCUT2D eigenvalue weighted by Gasteiger charge is 2.08.